The van der Waals surface area contributed by atoms with E-state index < -0.39 is 0 Å². The van der Waals surface area contributed by atoms with Crippen molar-refractivity contribution in [2.24, 2.45) is 0 Å². The van der Waals surface area contributed by atoms with E-state index in [2.05, 4.69) is 55.2 Å². The minimum Gasteiger partial charge on any atom is -0.368 e. The van der Waals surface area contributed by atoms with E-state index in [0.717, 1.165) is 12.1 Å². The number of hydrogen-bond donors (Lipinski definition) is 2. The molecule has 1 heterocycles. The molecule has 0 aliphatic carbocycles. The molecule has 0 radical (unpaired) electrons. The van der Waals surface area contributed by atoms with Gasteiger partial charge in [0.2, 0.25) is 0 Å². The van der Waals surface area contributed by atoms with Gasteiger partial charge in [-0.3, -0.25) is 4.79 Å². The van der Waals surface area contributed by atoms with Crippen LogP contribution in [0.5, 0.6) is 0 Å². The normalized spacial score (nSPS) is 12.6. The van der Waals surface area contributed by atoms with E-state index in [4.69, 9.17) is 0 Å². The molecule has 134 valence electrons. The summed E-state index contributed by atoms with van der Waals surface area (Å²) in [4.78, 5) is 21.1. The van der Waals surface area contributed by atoms with Gasteiger partial charge in [-0.15, -0.1) is 0 Å². The van der Waals surface area contributed by atoms with Gasteiger partial charge in [0.1, 0.15) is 17.3 Å². The molecule has 2 N–H and O–H groups in total. The Morgan fingerprint density at radius 1 is 1.16 bits per heavy atom. The summed E-state index contributed by atoms with van der Waals surface area (Å²) in [7, 11) is 0. The van der Waals surface area contributed by atoms with Crippen LogP contribution < -0.4 is 10.6 Å². The number of amides is 1. The number of aromatic nitrogens is 2. The van der Waals surface area contributed by atoms with Crippen LogP contribution in [-0.4, -0.2) is 21.9 Å². The first-order chi connectivity index (χ1) is 11.7. The molecule has 1 amide bonds. The van der Waals surface area contributed by atoms with Crippen LogP contribution in [0, 0.1) is 6.92 Å². The van der Waals surface area contributed by atoms with Crippen molar-refractivity contribution < 1.29 is 4.79 Å². The van der Waals surface area contributed by atoms with Gasteiger partial charge in [-0.2, -0.15) is 0 Å². The zero-order valence-corrected chi connectivity index (χ0v) is 16.0. The maximum absolute atomic E-state index is 12.5. The minimum atomic E-state index is -0.235. The smallest absolute Gasteiger partial charge is 0.274 e. The van der Waals surface area contributed by atoms with Crippen LogP contribution >= 0.6 is 0 Å². The summed E-state index contributed by atoms with van der Waals surface area (Å²) in [5.74, 6) is 1.01. The van der Waals surface area contributed by atoms with Crippen LogP contribution in [0.4, 0.5) is 11.5 Å². The third-order valence-corrected chi connectivity index (χ3v) is 4.09. The van der Waals surface area contributed by atoms with E-state index in [1.165, 1.54) is 5.56 Å². The van der Waals surface area contributed by atoms with E-state index >= 15 is 0 Å². The quantitative estimate of drug-likeness (QED) is 0.838. The van der Waals surface area contributed by atoms with Crippen LogP contribution in [-0.2, 0) is 5.41 Å². The van der Waals surface area contributed by atoms with Crippen LogP contribution in [0.1, 0.15) is 62.9 Å². The van der Waals surface area contributed by atoms with Gasteiger partial charge in [0.15, 0.2) is 0 Å². The van der Waals surface area contributed by atoms with Gasteiger partial charge >= 0.3 is 0 Å². The number of hydrogen-bond acceptors (Lipinski definition) is 4. The Balaban J connectivity index is 2.15. The molecule has 0 saturated heterocycles. The summed E-state index contributed by atoms with van der Waals surface area (Å²) in [5.41, 5.74) is 2.43. The van der Waals surface area contributed by atoms with E-state index in [-0.39, 0.29) is 17.4 Å². The molecule has 0 fully saturated rings. The van der Waals surface area contributed by atoms with Gasteiger partial charge in [-0.25, -0.2) is 9.97 Å². The molecule has 0 bridgehead atoms. The molecule has 5 nitrogen and oxygen atoms in total. The highest BCUT2D eigenvalue weighted by Gasteiger charge is 2.15. The van der Waals surface area contributed by atoms with Gasteiger partial charge in [-0.05, 0) is 43.4 Å². The van der Waals surface area contributed by atoms with E-state index in [9.17, 15) is 4.79 Å². The lowest BCUT2D eigenvalue weighted by molar-refractivity contribution is 0.102. The molecule has 2 aromatic rings. The molecule has 1 aromatic carbocycles. The third-order valence-electron chi connectivity index (χ3n) is 4.09. The second kappa shape index (κ2) is 7.64. The molecular weight excluding hydrogens is 312 g/mol. The monoisotopic (exact) mass is 340 g/mol. The number of aryl methyl sites for hydroxylation is 1. The van der Waals surface area contributed by atoms with Crippen LogP contribution in [0.15, 0.2) is 30.3 Å². The first kappa shape index (κ1) is 18.9. The lowest BCUT2D eigenvalue weighted by Gasteiger charge is -2.19. The fourth-order valence-corrected chi connectivity index (χ4v) is 2.36. The lowest BCUT2D eigenvalue weighted by Crippen LogP contribution is -2.19. The average molecular weight is 340 g/mol. The summed E-state index contributed by atoms with van der Waals surface area (Å²) in [6.07, 6.45) is 0.977. The lowest BCUT2D eigenvalue weighted by atomic mass is 9.87. The Bertz CT molecular complexity index is 732. The van der Waals surface area contributed by atoms with Gasteiger partial charge in [0, 0.05) is 17.8 Å². The Labute approximate surface area is 150 Å². The SMILES string of the molecule is CCC(C)Nc1cc(C(=O)Nc2ccc(C(C)(C)C)cc2)nc(C)n1. The van der Waals surface area contributed by atoms with E-state index in [1.807, 2.05) is 24.3 Å². The highest BCUT2D eigenvalue weighted by atomic mass is 16.1. The highest BCUT2D eigenvalue weighted by molar-refractivity contribution is 6.03. The van der Waals surface area contributed by atoms with Crippen molar-refractivity contribution >= 4 is 17.4 Å². The number of carbonyl (C=O) groups is 1. The Morgan fingerprint density at radius 3 is 2.36 bits per heavy atom. The first-order valence-corrected chi connectivity index (χ1v) is 8.73. The molecule has 0 saturated carbocycles. The van der Waals surface area contributed by atoms with Crippen LogP contribution in [0.25, 0.3) is 0 Å². The summed E-state index contributed by atoms with van der Waals surface area (Å²) < 4.78 is 0. The number of nitrogens with zero attached hydrogens (tertiary/aromatic N) is 2. The molecule has 0 aliphatic heterocycles. The number of anilines is 2. The second-order valence-electron chi connectivity index (χ2n) is 7.42. The first-order valence-electron chi connectivity index (χ1n) is 8.73. The summed E-state index contributed by atoms with van der Waals surface area (Å²) in [6, 6.07) is 9.90. The number of rotatable bonds is 5. The predicted molar refractivity (Wildman–Crippen MR) is 103 cm³/mol. The van der Waals surface area contributed by atoms with Crippen molar-refractivity contribution in [2.75, 3.05) is 10.6 Å². The third kappa shape index (κ3) is 5.28. The topological polar surface area (TPSA) is 66.9 Å². The fraction of sp³-hybridized carbons (Fsp3) is 0.450. The molecule has 2 rings (SSSR count). The number of carbonyl (C=O) groups excluding carboxylic acids is 1. The number of nitrogens with one attached hydrogen (secondary N) is 2. The maximum atomic E-state index is 12.5. The molecule has 5 heteroatoms. The van der Waals surface area contributed by atoms with E-state index in [0.29, 0.717) is 17.3 Å². The molecule has 0 aliphatic rings. The maximum Gasteiger partial charge on any atom is 0.274 e. The van der Waals surface area contributed by atoms with Crippen molar-refractivity contribution in [3.05, 3.63) is 47.4 Å². The molecule has 1 unspecified atom stereocenters. The standard InChI is InChI=1S/C20H28N4O/c1-7-13(2)21-18-12-17(22-14(3)23-18)19(25)24-16-10-8-15(9-11-16)20(4,5)6/h8-13H,7H2,1-6H3,(H,24,25)(H,21,22,23). The Kier molecular flexibility index (Phi) is 5.77. The molecule has 1 aromatic heterocycles. The summed E-state index contributed by atoms with van der Waals surface area (Å²) in [5, 5.41) is 6.19. The largest absolute Gasteiger partial charge is 0.368 e. The van der Waals surface area contributed by atoms with Gasteiger partial charge < -0.3 is 10.6 Å². The van der Waals surface area contributed by atoms with E-state index in [1.54, 1.807) is 13.0 Å². The van der Waals surface area contributed by atoms with Gasteiger partial charge in [-0.1, -0.05) is 39.8 Å². The number of benzene rings is 1. The second-order valence-corrected chi connectivity index (χ2v) is 7.42. The summed E-state index contributed by atoms with van der Waals surface area (Å²) >= 11 is 0. The van der Waals surface area contributed by atoms with Crippen LogP contribution in [0.2, 0.25) is 0 Å². The van der Waals surface area contributed by atoms with Crippen LogP contribution in [0.3, 0.4) is 0 Å². The van der Waals surface area contributed by atoms with Gasteiger partial charge in [0.05, 0.1) is 0 Å². The van der Waals surface area contributed by atoms with Crippen molar-refractivity contribution in [1.82, 2.24) is 9.97 Å². The minimum absolute atomic E-state index is 0.0862. The fourth-order valence-electron chi connectivity index (χ4n) is 2.36. The Morgan fingerprint density at radius 2 is 1.80 bits per heavy atom. The highest BCUT2D eigenvalue weighted by Crippen LogP contribution is 2.23. The molecule has 25 heavy (non-hydrogen) atoms. The van der Waals surface area contributed by atoms with Crippen molar-refractivity contribution in [2.45, 2.75) is 59.4 Å². The summed E-state index contributed by atoms with van der Waals surface area (Å²) in [6.45, 7) is 12.5. The zero-order valence-electron chi connectivity index (χ0n) is 16.0. The average Bonchev–Trinajstić information content (AvgIpc) is 2.53. The molecule has 0 spiro atoms. The van der Waals surface area contributed by atoms with Crippen molar-refractivity contribution in [3.63, 3.8) is 0 Å². The Hall–Kier alpha value is -2.43. The van der Waals surface area contributed by atoms with Crippen molar-refractivity contribution in [3.8, 4) is 0 Å². The zero-order chi connectivity index (χ0) is 18.6. The predicted octanol–water partition coefficient (Wildman–Crippen LogP) is 4.55. The molecular formula is C20H28N4O. The van der Waals surface area contributed by atoms with Gasteiger partial charge in [0.25, 0.3) is 5.91 Å². The van der Waals surface area contributed by atoms with Crippen molar-refractivity contribution in [1.29, 1.82) is 0 Å². The molecule has 1 atom stereocenters.